The normalized spacial score (nSPS) is 18.6. The first kappa shape index (κ1) is 18.7. The third kappa shape index (κ3) is 4.17. The molecular weight excluding hydrogens is 352 g/mol. The topological polar surface area (TPSA) is 62.7 Å². The number of rotatable bonds is 7. The van der Waals surface area contributed by atoms with Crippen molar-refractivity contribution in [2.75, 3.05) is 13.2 Å². The number of hydrogen-bond acceptors (Lipinski definition) is 4. The zero-order chi connectivity index (χ0) is 18.5. The molecule has 6 heteroatoms. The van der Waals surface area contributed by atoms with Crippen molar-refractivity contribution in [3.8, 4) is 5.75 Å². The van der Waals surface area contributed by atoms with E-state index in [9.17, 15) is 9.90 Å². The second-order valence-corrected chi connectivity index (χ2v) is 6.83. The van der Waals surface area contributed by atoms with Gasteiger partial charge in [-0.15, -0.1) is 0 Å². The van der Waals surface area contributed by atoms with Gasteiger partial charge in [0.25, 0.3) is 0 Å². The summed E-state index contributed by atoms with van der Waals surface area (Å²) in [6, 6.07) is 10.7. The van der Waals surface area contributed by atoms with E-state index < -0.39 is 12.0 Å². The lowest BCUT2D eigenvalue weighted by Gasteiger charge is -2.32. The van der Waals surface area contributed by atoms with Crippen molar-refractivity contribution < 1.29 is 14.6 Å². The molecular formula is C20H23ClN2O3. The minimum atomic E-state index is -0.784. The molecule has 2 aromatic rings. The molecule has 5 nitrogen and oxygen atoms in total. The molecule has 138 valence electrons. The highest BCUT2D eigenvalue weighted by Gasteiger charge is 2.37. The van der Waals surface area contributed by atoms with Gasteiger partial charge in [0, 0.05) is 34.9 Å². The number of halogens is 1. The van der Waals surface area contributed by atoms with Crippen LogP contribution in [0, 0.1) is 0 Å². The van der Waals surface area contributed by atoms with E-state index in [1.165, 1.54) is 0 Å². The molecule has 0 spiro atoms. The average Bonchev–Trinajstić information content (AvgIpc) is 3.12. The summed E-state index contributed by atoms with van der Waals surface area (Å²) in [4.78, 5) is 18.2. The molecule has 0 aliphatic carbocycles. The first-order valence-corrected chi connectivity index (χ1v) is 9.28. The van der Waals surface area contributed by atoms with Crippen molar-refractivity contribution in [2.24, 2.45) is 0 Å². The molecule has 1 aromatic carbocycles. The number of carboxylic acids is 1. The fourth-order valence-electron chi connectivity index (χ4n) is 3.62. The maximum Gasteiger partial charge on any atom is 0.320 e. The van der Waals surface area contributed by atoms with Crippen LogP contribution in [0.5, 0.6) is 5.75 Å². The number of aromatic nitrogens is 1. The van der Waals surface area contributed by atoms with Crippen LogP contribution in [0.15, 0.2) is 42.6 Å². The number of benzene rings is 1. The van der Waals surface area contributed by atoms with Crippen LogP contribution < -0.4 is 4.74 Å². The molecule has 1 aromatic heterocycles. The van der Waals surface area contributed by atoms with Crippen LogP contribution in [-0.2, 0) is 11.2 Å². The van der Waals surface area contributed by atoms with Crippen LogP contribution in [-0.4, -0.2) is 40.2 Å². The third-order valence-corrected chi connectivity index (χ3v) is 4.97. The summed E-state index contributed by atoms with van der Waals surface area (Å²) in [5.41, 5.74) is 1.83. The third-order valence-electron chi connectivity index (χ3n) is 4.74. The van der Waals surface area contributed by atoms with Crippen LogP contribution in [0.4, 0.5) is 0 Å². The highest BCUT2D eigenvalue weighted by atomic mass is 35.5. The lowest BCUT2D eigenvalue weighted by Crippen LogP contribution is -2.39. The van der Waals surface area contributed by atoms with E-state index in [0.717, 1.165) is 30.0 Å². The van der Waals surface area contributed by atoms with Gasteiger partial charge in [-0.25, -0.2) is 0 Å². The first-order valence-electron chi connectivity index (χ1n) is 8.91. The zero-order valence-electron chi connectivity index (χ0n) is 14.8. The molecule has 2 atom stereocenters. The minimum absolute atomic E-state index is 0.159. The standard InChI is InChI=1S/C20H23ClN2O3/c1-2-26-19-9-8-14(21)12-16(19)18(13-15-6-3-4-10-22-15)23-11-5-7-17(23)20(24)25/h3-4,6,8-10,12,17-18H,2,5,7,11,13H2,1H3,(H,24,25). The van der Waals surface area contributed by atoms with Gasteiger partial charge in [0.2, 0.25) is 0 Å². The molecule has 0 radical (unpaired) electrons. The largest absolute Gasteiger partial charge is 0.494 e. The Labute approximate surface area is 158 Å². The van der Waals surface area contributed by atoms with E-state index in [4.69, 9.17) is 16.3 Å². The SMILES string of the molecule is CCOc1ccc(Cl)cc1C(Cc1ccccn1)N1CCCC1C(=O)O. The number of hydrogen-bond donors (Lipinski definition) is 1. The first-order chi connectivity index (χ1) is 12.6. The Morgan fingerprint density at radius 2 is 2.27 bits per heavy atom. The summed E-state index contributed by atoms with van der Waals surface area (Å²) in [7, 11) is 0. The summed E-state index contributed by atoms with van der Waals surface area (Å²) in [6.45, 7) is 3.20. The average molecular weight is 375 g/mol. The monoisotopic (exact) mass is 374 g/mol. The molecule has 3 rings (SSSR count). The van der Waals surface area contributed by atoms with Crippen LogP contribution in [0.3, 0.4) is 0 Å². The number of carboxylic acid groups (broad SMARTS) is 1. The second-order valence-electron chi connectivity index (χ2n) is 6.39. The Bertz CT molecular complexity index is 754. The Balaban J connectivity index is 2.03. The van der Waals surface area contributed by atoms with Crippen molar-refractivity contribution in [3.05, 3.63) is 58.9 Å². The Hall–Kier alpha value is -2.11. The van der Waals surface area contributed by atoms with E-state index >= 15 is 0 Å². The van der Waals surface area contributed by atoms with Crippen molar-refractivity contribution in [1.29, 1.82) is 0 Å². The van der Waals surface area contributed by atoms with Crippen LogP contribution in [0.1, 0.15) is 37.1 Å². The summed E-state index contributed by atoms with van der Waals surface area (Å²) < 4.78 is 5.81. The molecule has 1 aliphatic heterocycles. The van der Waals surface area contributed by atoms with E-state index in [1.54, 1.807) is 12.3 Å². The maximum absolute atomic E-state index is 11.8. The highest BCUT2D eigenvalue weighted by Crippen LogP contribution is 2.38. The second kappa shape index (κ2) is 8.52. The van der Waals surface area contributed by atoms with Gasteiger partial charge in [-0.2, -0.15) is 0 Å². The van der Waals surface area contributed by atoms with Gasteiger partial charge >= 0.3 is 5.97 Å². The predicted octanol–water partition coefficient (Wildman–Crippen LogP) is 3.97. The number of carbonyl (C=O) groups is 1. The van der Waals surface area contributed by atoms with Gasteiger partial charge in [0.1, 0.15) is 11.8 Å². The fraction of sp³-hybridized carbons (Fsp3) is 0.400. The van der Waals surface area contributed by atoms with Crippen LogP contribution in [0.25, 0.3) is 0 Å². The lowest BCUT2D eigenvalue weighted by molar-refractivity contribution is -0.143. The van der Waals surface area contributed by atoms with Gasteiger partial charge in [-0.1, -0.05) is 17.7 Å². The molecule has 0 amide bonds. The number of aliphatic carboxylic acids is 1. The highest BCUT2D eigenvalue weighted by molar-refractivity contribution is 6.30. The molecule has 1 N–H and O–H groups in total. The summed E-state index contributed by atoms with van der Waals surface area (Å²) in [5, 5.41) is 10.3. The van der Waals surface area contributed by atoms with Gasteiger partial charge < -0.3 is 9.84 Å². The predicted molar refractivity (Wildman–Crippen MR) is 101 cm³/mol. The van der Waals surface area contributed by atoms with E-state index in [-0.39, 0.29) is 6.04 Å². The Morgan fingerprint density at radius 1 is 1.42 bits per heavy atom. The fourth-order valence-corrected chi connectivity index (χ4v) is 3.80. The molecule has 0 bridgehead atoms. The smallest absolute Gasteiger partial charge is 0.320 e. The number of ether oxygens (including phenoxy) is 1. The number of likely N-dealkylation sites (tertiary alicyclic amines) is 1. The summed E-state index contributed by atoms with van der Waals surface area (Å²) >= 11 is 6.26. The zero-order valence-corrected chi connectivity index (χ0v) is 15.5. The Morgan fingerprint density at radius 3 is 2.96 bits per heavy atom. The number of pyridine rings is 1. The summed E-state index contributed by atoms with van der Waals surface area (Å²) in [5.74, 6) is -0.0395. The van der Waals surface area contributed by atoms with E-state index in [2.05, 4.69) is 4.98 Å². The lowest BCUT2D eigenvalue weighted by atomic mass is 9.97. The quantitative estimate of drug-likeness (QED) is 0.794. The Kier molecular flexibility index (Phi) is 6.12. The van der Waals surface area contributed by atoms with Gasteiger partial charge in [-0.3, -0.25) is 14.7 Å². The number of nitrogens with zero attached hydrogens (tertiary/aromatic N) is 2. The van der Waals surface area contributed by atoms with Gasteiger partial charge in [-0.05, 0) is 56.6 Å². The maximum atomic E-state index is 11.8. The van der Waals surface area contributed by atoms with Crippen molar-refractivity contribution in [3.63, 3.8) is 0 Å². The van der Waals surface area contributed by atoms with Gasteiger partial charge in [0.15, 0.2) is 0 Å². The van der Waals surface area contributed by atoms with Crippen molar-refractivity contribution in [2.45, 2.75) is 38.3 Å². The molecule has 2 unspecified atom stereocenters. The van der Waals surface area contributed by atoms with Crippen LogP contribution >= 0.6 is 11.6 Å². The minimum Gasteiger partial charge on any atom is -0.494 e. The van der Waals surface area contributed by atoms with Crippen LogP contribution in [0.2, 0.25) is 5.02 Å². The molecule has 2 heterocycles. The molecule has 0 saturated carbocycles. The van der Waals surface area contributed by atoms with Crippen molar-refractivity contribution in [1.82, 2.24) is 9.88 Å². The molecule has 1 saturated heterocycles. The van der Waals surface area contributed by atoms with E-state index in [0.29, 0.717) is 24.5 Å². The van der Waals surface area contributed by atoms with Crippen molar-refractivity contribution >= 4 is 17.6 Å². The molecule has 1 fully saturated rings. The van der Waals surface area contributed by atoms with E-state index in [1.807, 2.05) is 42.2 Å². The summed E-state index contributed by atoms with van der Waals surface area (Å²) in [6.07, 6.45) is 3.87. The van der Waals surface area contributed by atoms with Gasteiger partial charge in [0.05, 0.1) is 6.61 Å². The molecule has 26 heavy (non-hydrogen) atoms. The molecule has 1 aliphatic rings.